The number of hydrogen-bond acceptors (Lipinski definition) is 4. The largest absolute Gasteiger partial charge is 0.488 e. The number of rotatable bonds is 3. The Kier molecular flexibility index (Phi) is 7.66. The van der Waals surface area contributed by atoms with Gasteiger partial charge >= 0.3 is 7.12 Å². The van der Waals surface area contributed by atoms with Gasteiger partial charge in [0.1, 0.15) is 0 Å². The molecule has 0 bridgehead atoms. The first-order chi connectivity index (χ1) is 7.82. The molecule has 0 aromatic heterocycles. The summed E-state index contributed by atoms with van der Waals surface area (Å²) < 4.78 is 0.928. The average Bonchev–Trinajstić information content (AvgIpc) is 2.30. The van der Waals surface area contributed by atoms with Gasteiger partial charge in [0, 0.05) is 9.89 Å². The van der Waals surface area contributed by atoms with E-state index in [9.17, 15) is 0 Å². The smallest absolute Gasteiger partial charge is 0.423 e. The second-order valence-corrected chi connectivity index (χ2v) is 5.32. The Morgan fingerprint density at radius 1 is 1.06 bits per heavy atom. The van der Waals surface area contributed by atoms with Crippen LogP contribution in [0.5, 0.6) is 0 Å². The van der Waals surface area contributed by atoms with E-state index in [1.165, 1.54) is 0 Å². The topological polar surface area (TPSA) is 80.9 Å². The van der Waals surface area contributed by atoms with Crippen molar-refractivity contribution in [3.63, 3.8) is 0 Å². The fraction of sp³-hybridized carbons (Fsp3) is 0.455. The molecule has 1 aromatic carbocycles. The number of benzene rings is 1. The average molecular weight is 305 g/mol. The molecule has 0 atom stereocenters. The lowest BCUT2D eigenvalue weighted by Crippen LogP contribution is -2.29. The molecule has 4 N–H and O–H groups in total. The van der Waals surface area contributed by atoms with Gasteiger partial charge in [-0.25, -0.2) is 0 Å². The zero-order valence-electron chi connectivity index (χ0n) is 9.97. The maximum Gasteiger partial charge on any atom is 0.488 e. The molecule has 1 aromatic rings. The number of aliphatic hydroxyl groups excluding tert-OH is 2. The minimum atomic E-state index is -1.37. The zero-order chi connectivity index (χ0) is 13.5. The van der Waals surface area contributed by atoms with Gasteiger partial charge in [-0.05, 0) is 17.6 Å². The van der Waals surface area contributed by atoms with Gasteiger partial charge in [0.15, 0.2) is 0 Å². The van der Waals surface area contributed by atoms with Crippen molar-refractivity contribution in [1.82, 2.24) is 0 Å². The van der Waals surface area contributed by atoms with Crippen molar-refractivity contribution in [1.29, 1.82) is 0 Å². The van der Waals surface area contributed by atoms with Crippen LogP contribution < -0.4 is 5.46 Å². The number of halogens is 1. The molecule has 0 unspecified atom stereocenters. The van der Waals surface area contributed by atoms with Crippen molar-refractivity contribution < 1.29 is 20.3 Å². The minimum Gasteiger partial charge on any atom is -0.423 e. The van der Waals surface area contributed by atoms with Crippen molar-refractivity contribution in [2.75, 3.05) is 13.2 Å². The molecule has 0 saturated carbocycles. The highest BCUT2D eigenvalue weighted by molar-refractivity contribution is 9.10. The Morgan fingerprint density at radius 2 is 1.47 bits per heavy atom. The fourth-order valence-electron chi connectivity index (χ4n) is 0.685. The van der Waals surface area contributed by atoms with E-state index < -0.39 is 7.12 Å². The Morgan fingerprint density at radius 3 is 1.71 bits per heavy atom. The van der Waals surface area contributed by atoms with Crippen LogP contribution in [-0.2, 0) is 0 Å². The summed E-state index contributed by atoms with van der Waals surface area (Å²) in [5.41, 5.74) is 0.197. The van der Waals surface area contributed by atoms with Crippen molar-refractivity contribution in [2.24, 2.45) is 5.41 Å². The van der Waals surface area contributed by atoms with Gasteiger partial charge in [-0.2, -0.15) is 0 Å². The van der Waals surface area contributed by atoms with E-state index in [1.54, 1.807) is 38.1 Å². The molecule has 0 radical (unpaired) electrons. The normalized spacial score (nSPS) is 10.5. The third-order valence-electron chi connectivity index (χ3n) is 2.02. The van der Waals surface area contributed by atoms with Gasteiger partial charge in [0.2, 0.25) is 0 Å². The summed E-state index contributed by atoms with van der Waals surface area (Å²) in [4.78, 5) is 0. The summed E-state index contributed by atoms with van der Waals surface area (Å²) in [6, 6.07) is 6.81. The van der Waals surface area contributed by atoms with Crippen LogP contribution >= 0.6 is 15.9 Å². The highest BCUT2D eigenvalue weighted by Crippen LogP contribution is 2.10. The van der Waals surface area contributed by atoms with Crippen molar-refractivity contribution in [2.45, 2.75) is 13.8 Å². The maximum absolute atomic E-state index is 8.65. The molecule has 0 amide bonds. The zero-order valence-corrected chi connectivity index (χ0v) is 11.6. The Balaban J connectivity index is 0.000000325. The van der Waals surface area contributed by atoms with E-state index in [0.717, 1.165) is 4.47 Å². The van der Waals surface area contributed by atoms with Crippen LogP contribution in [0.1, 0.15) is 13.8 Å². The Bertz CT molecular complexity index is 308. The molecule has 0 saturated heterocycles. The first-order valence-electron chi connectivity index (χ1n) is 5.15. The number of hydrogen-bond donors (Lipinski definition) is 4. The van der Waals surface area contributed by atoms with Crippen molar-refractivity contribution >= 4 is 28.5 Å². The summed E-state index contributed by atoms with van der Waals surface area (Å²) in [6.07, 6.45) is 0. The van der Waals surface area contributed by atoms with Crippen LogP contribution in [0.2, 0.25) is 0 Å². The summed E-state index contributed by atoms with van der Waals surface area (Å²) in [7, 11) is -1.37. The van der Waals surface area contributed by atoms with Crippen LogP contribution in [-0.4, -0.2) is 40.6 Å². The van der Waals surface area contributed by atoms with Gasteiger partial charge in [-0.3, -0.25) is 0 Å². The van der Waals surface area contributed by atoms with Gasteiger partial charge in [-0.15, -0.1) is 0 Å². The van der Waals surface area contributed by atoms with Crippen LogP contribution in [0.15, 0.2) is 28.7 Å². The predicted molar refractivity (Wildman–Crippen MR) is 71.9 cm³/mol. The summed E-state index contributed by atoms with van der Waals surface area (Å²) in [5, 5.41) is 34.2. The molecule has 17 heavy (non-hydrogen) atoms. The minimum absolute atomic E-state index is 0.0451. The van der Waals surface area contributed by atoms with Gasteiger partial charge in [-0.1, -0.05) is 41.9 Å². The highest BCUT2D eigenvalue weighted by atomic mass is 79.9. The van der Waals surface area contributed by atoms with Crippen molar-refractivity contribution in [3.05, 3.63) is 28.7 Å². The van der Waals surface area contributed by atoms with E-state index in [2.05, 4.69) is 15.9 Å². The summed E-state index contributed by atoms with van der Waals surface area (Å²) in [6.45, 7) is 3.69. The van der Waals surface area contributed by atoms with Gasteiger partial charge < -0.3 is 20.3 Å². The van der Waals surface area contributed by atoms with Crippen LogP contribution in [0, 0.1) is 5.41 Å². The Hall–Kier alpha value is -0.395. The molecular weight excluding hydrogens is 287 g/mol. The molecule has 96 valence electrons. The standard InChI is InChI=1S/C6H6BBrO2.C5H12O2/c8-6-3-1-5(2-4-6)7(9)10;1-5(2,3-6)4-7/h1-4,9-10H;6-7H,3-4H2,1-2H3. The second-order valence-electron chi connectivity index (χ2n) is 4.41. The molecule has 4 nitrogen and oxygen atoms in total. The van der Waals surface area contributed by atoms with E-state index in [0.29, 0.717) is 5.46 Å². The number of aliphatic hydroxyl groups is 2. The molecule has 0 heterocycles. The van der Waals surface area contributed by atoms with Gasteiger partial charge in [0.25, 0.3) is 0 Å². The lowest BCUT2D eigenvalue weighted by molar-refractivity contribution is 0.0857. The predicted octanol–water partition coefficient (Wildman–Crippen LogP) is 0.126. The lowest BCUT2D eigenvalue weighted by atomic mass is 9.81. The molecular formula is C11H18BBrO4. The maximum atomic E-state index is 8.65. The molecule has 0 aliphatic rings. The lowest BCUT2D eigenvalue weighted by Gasteiger charge is -2.16. The van der Waals surface area contributed by atoms with E-state index in [1.807, 2.05) is 0 Å². The molecule has 0 aliphatic carbocycles. The Labute approximate surface area is 110 Å². The van der Waals surface area contributed by atoms with Gasteiger partial charge in [0.05, 0.1) is 13.2 Å². The molecule has 0 spiro atoms. The molecule has 1 rings (SSSR count). The fourth-order valence-corrected chi connectivity index (χ4v) is 0.949. The SMILES string of the molecule is CC(C)(CO)CO.OB(O)c1ccc(Br)cc1. The summed E-state index contributed by atoms with van der Waals surface area (Å²) in [5.74, 6) is 0. The summed E-state index contributed by atoms with van der Waals surface area (Å²) >= 11 is 3.23. The van der Waals surface area contributed by atoms with E-state index >= 15 is 0 Å². The second kappa shape index (κ2) is 7.84. The van der Waals surface area contributed by atoms with E-state index in [4.69, 9.17) is 20.3 Å². The first kappa shape index (κ1) is 16.6. The highest BCUT2D eigenvalue weighted by Gasteiger charge is 2.13. The third kappa shape index (κ3) is 7.51. The molecule has 0 fully saturated rings. The van der Waals surface area contributed by atoms with Crippen LogP contribution in [0.3, 0.4) is 0 Å². The van der Waals surface area contributed by atoms with Crippen LogP contribution in [0.4, 0.5) is 0 Å². The monoisotopic (exact) mass is 304 g/mol. The van der Waals surface area contributed by atoms with Crippen LogP contribution in [0.25, 0.3) is 0 Å². The first-order valence-corrected chi connectivity index (χ1v) is 5.95. The molecule has 0 aliphatic heterocycles. The van der Waals surface area contributed by atoms with Crippen molar-refractivity contribution in [3.8, 4) is 0 Å². The molecule has 6 heteroatoms. The van der Waals surface area contributed by atoms with E-state index in [-0.39, 0.29) is 18.6 Å². The third-order valence-corrected chi connectivity index (χ3v) is 2.55. The quantitative estimate of drug-likeness (QED) is 0.598.